The highest BCUT2D eigenvalue weighted by atomic mass is 16.2. The summed E-state index contributed by atoms with van der Waals surface area (Å²) in [6.45, 7) is 4.06. The van der Waals surface area contributed by atoms with Gasteiger partial charge in [0.1, 0.15) is 0 Å². The number of rotatable bonds is 6. The summed E-state index contributed by atoms with van der Waals surface area (Å²) in [4.78, 5) is 25.4. The summed E-state index contributed by atoms with van der Waals surface area (Å²) >= 11 is 0. The van der Waals surface area contributed by atoms with E-state index < -0.39 is 0 Å². The second-order valence-electron chi connectivity index (χ2n) is 5.68. The van der Waals surface area contributed by atoms with Gasteiger partial charge >= 0.3 is 0 Å². The molecule has 4 heteroatoms. The van der Waals surface area contributed by atoms with E-state index in [-0.39, 0.29) is 11.7 Å². The Morgan fingerprint density at radius 3 is 2.70 bits per heavy atom. The first-order valence-electron chi connectivity index (χ1n) is 7.08. The Hall–Kier alpha value is -1.68. The molecule has 0 bridgehead atoms. The van der Waals surface area contributed by atoms with Crippen LogP contribution in [0.1, 0.15) is 37.0 Å². The van der Waals surface area contributed by atoms with Crippen LogP contribution in [0.5, 0.6) is 0 Å². The highest BCUT2D eigenvalue weighted by Crippen LogP contribution is 2.34. The molecule has 2 rings (SSSR count). The minimum absolute atomic E-state index is 0.000530. The Kier molecular flexibility index (Phi) is 4.55. The maximum absolute atomic E-state index is 12.0. The normalized spacial score (nSPS) is 16.0. The number of ketones is 1. The van der Waals surface area contributed by atoms with E-state index in [9.17, 15) is 9.59 Å². The predicted octanol–water partition coefficient (Wildman–Crippen LogP) is 2.56. The molecule has 0 spiro atoms. The molecule has 0 heterocycles. The van der Waals surface area contributed by atoms with Gasteiger partial charge in [-0.05, 0) is 51.8 Å². The molecule has 1 aliphatic rings. The van der Waals surface area contributed by atoms with Crippen molar-refractivity contribution in [1.82, 2.24) is 4.90 Å². The average Bonchev–Trinajstić information content (AvgIpc) is 3.22. The van der Waals surface area contributed by atoms with Crippen LogP contribution >= 0.6 is 0 Å². The highest BCUT2D eigenvalue weighted by molar-refractivity contribution is 5.97. The van der Waals surface area contributed by atoms with Gasteiger partial charge in [-0.1, -0.05) is 12.1 Å². The lowest BCUT2D eigenvalue weighted by Gasteiger charge is -2.23. The number of amides is 1. The number of likely N-dealkylation sites (N-methyl/N-ethyl adjacent to an activating group) is 1. The fourth-order valence-electron chi connectivity index (χ4n) is 2.33. The number of anilines is 1. The SMILES string of the molecule is CC(=O)c1cccc(NC(=O)CN(C)C(C)C2CC2)c1. The summed E-state index contributed by atoms with van der Waals surface area (Å²) in [6, 6.07) is 7.49. The molecule has 0 aliphatic heterocycles. The van der Waals surface area contributed by atoms with E-state index in [1.54, 1.807) is 24.3 Å². The lowest BCUT2D eigenvalue weighted by atomic mass is 10.1. The van der Waals surface area contributed by atoms with Crippen molar-refractivity contribution in [3.8, 4) is 0 Å². The van der Waals surface area contributed by atoms with Gasteiger partial charge in [-0.25, -0.2) is 0 Å². The molecule has 1 atom stereocenters. The number of hydrogen-bond acceptors (Lipinski definition) is 3. The molecule has 1 N–H and O–H groups in total. The Balaban J connectivity index is 1.90. The standard InChI is InChI=1S/C16H22N2O2/c1-11(13-7-8-13)18(3)10-16(20)17-15-6-4-5-14(9-15)12(2)19/h4-6,9,11,13H,7-8,10H2,1-3H3,(H,17,20). The van der Waals surface area contributed by atoms with E-state index in [1.807, 2.05) is 7.05 Å². The second kappa shape index (κ2) is 6.18. The van der Waals surface area contributed by atoms with Crippen molar-refractivity contribution in [2.24, 2.45) is 5.92 Å². The van der Waals surface area contributed by atoms with Crippen LogP contribution < -0.4 is 5.32 Å². The third-order valence-corrected chi connectivity index (χ3v) is 3.95. The third-order valence-electron chi connectivity index (χ3n) is 3.95. The van der Waals surface area contributed by atoms with Crippen LogP contribution in [-0.4, -0.2) is 36.2 Å². The van der Waals surface area contributed by atoms with E-state index >= 15 is 0 Å². The Morgan fingerprint density at radius 2 is 2.10 bits per heavy atom. The predicted molar refractivity (Wildman–Crippen MR) is 79.9 cm³/mol. The number of carbonyl (C=O) groups excluding carboxylic acids is 2. The van der Waals surface area contributed by atoms with Crippen LogP contribution in [0.2, 0.25) is 0 Å². The molecule has 1 saturated carbocycles. The van der Waals surface area contributed by atoms with Crippen molar-refractivity contribution >= 4 is 17.4 Å². The Morgan fingerprint density at radius 1 is 1.40 bits per heavy atom. The third kappa shape index (κ3) is 3.90. The first-order valence-corrected chi connectivity index (χ1v) is 7.08. The number of nitrogens with zero attached hydrogens (tertiary/aromatic N) is 1. The van der Waals surface area contributed by atoms with E-state index in [1.165, 1.54) is 19.8 Å². The molecule has 0 radical (unpaired) electrons. The van der Waals surface area contributed by atoms with Crippen LogP contribution in [0.25, 0.3) is 0 Å². The topological polar surface area (TPSA) is 49.4 Å². The first-order chi connectivity index (χ1) is 9.47. The molecule has 1 unspecified atom stereocenters. The smallest absolute Gasteiger partial charge is 0.238 e. The first kappa shape index (κ1) is 14.7. The molecular weight excluding hydrogens is 252 g/mol. The minimum atomic E-state index is -0.0410. The van der Waals surface area contributed by atoms with E-state index in [4.69, 9.17) is 0 Å². The molecule has 108 valence electrons. The summed E-state index contributed by atoms with van der Waals surface area (Å²) < 4.78 is 0. The maximum atomic E-state index is 12.0. The zero-order valence-corrected chi connectivity index (χ0v) is 12.3. The fraction of sp³-hybridized carbons (Fsp3) is 0.500. The molecule has 4 nitrogen and oxygen atoms in total. The zero-order chi connectivity index (χ0) is 14.7. The van der Waals surface area contributed by atoms with Crippen LogP contribution in [0.4, 0.5) is 5.69 Å². The lowest BCUT2D eigenvalue weighted by molar-refractivity contribution is -0.117. The lowest BCUT2D eigenvalue weighted by Crippen LogP contribution is -2.37. The average molecular weight is 274 g/mol. The van der Waals surface area contributed by atoms with Crippen molar-refractivity contribution < 1.29 is 9.59 Å². The number of Topliss-reactive ketones (excluding diaryl/α,β-unsaturated/α-hetero) is 1. The van der Waals surface area contributed by atoms with Crippen molar-refractivity contribution in [3.63, 3.8) is 0 Å². The van der Waals surface area contributed by atoms with Gasteiger partial charge in [-0.15, -0.1) is 0 Å². The fourth-order valence-corrected chi connectivity index (χ4v) is 2.33. The quantitative estimate of drug-likeness (QED) is 0.811. The molecule has 20 heavy (non-hydrogen) atoms. The minimum Gasteiger partial charge on any atom is -0.325 e. The summed E-state index contributed by atoms with van der Waals surface area (Å²) in [6.07, 6.45) is 2.54. The molecule has 1 amide bonds. The van der Waals surface area contributed by atoms with Gasteiger partial charge in [-0.3, -0.25) is 14.5 Å². The molecule has 1 aromatic rings. The monoisotopic (exact) mass is 274 g/mol. The van der Waals surface area contributed by atoms with Crippen LogP contribution in [-0.2, 0) is 4.79 Å². The van der Waals surface area contributed by atoms with Crippen molar-refractivity contribution in [3.05, 3.63) is 29.8 Å². The van der Waals surface area contributed by atoms with Gasteiger partial charge in [0.2, 0.25) is 5.91 Å². The molecular formula is C16H22N2O2. The van der Waals surface area contributed by atoms with Gasteiger partial charge in [0.15, 0.2) is 5.78 Å². The van der Waals surface area contributed by atoms with Gasteiger partial charge in [0, 0.05) is 17.3 Å². The van der Waals surface area contributed by atoms with Crippen LogP contribution in [0, 0.1) is 5.92 Å². The summed E-state index contributed by atoms with van der Waals surface area (Å²) in [5.41, 5.74) is 1.29. The highest BCUT2D eigenvalue weighted by Gasteiger charge is 2.30. The summed E-state index contributed by atoms with van der Waals surface area (Å²) in [7, 11) is 1.98. The molecule has 1 aliphatic carbocycles. The van der Waals surface area contributed by atoms with Gasteiger partial charge in [-0.2, -0.15) is 0 Å². The van der Waals surface area contributed by atoms with Crippen molar-refractivity contribution in [1.29, 1.82) is 0 Å². The second-order valence-corrected chi connectivity index (χ2v) is 5.68. The van der Waals surface area contributed by atoms with Gasteiger partial charge in [0.05, 0.1) is 6.54 Å². The Bertz CT molecular complexity index is 509. The molecule has 1 aromatic carbocycles. The molecule has 0 aromatic heterocycles. The largest absolute Gasteiger partial charge is 0.325 e. The Labute approximate surface area is 120 Å². The number of benzene rings is 1. The zero-order valence-electron chi connectivity index (χ0n) is 12.3. The van der Waals surface area contributed by atoms with Gasteiger partial charge in [0.25, 0.3) is 0 Å². The van der Waals surface area contributed by atoms with Crippen LogP contribution in [0.3, 0.4) is 0 Å². The van der Waals surface area contributed by atoms with E-state index in [0.29, 0.717) is 23.8 Å². The van der Waals surface area contributed by atoms with Gasteiger partial charge < -0.3 is 5.32 Å². The number of carbonyl (C=O) groups is 2. The number of hydrogen-bond donors (Lipinski definition) is 1. The summed E-state index contributed by atoms with van der Waals surface area (Å²) in [5, 5.41) is 2.85. The van der Waals surface area contributed by atoms with Crippen molar-refractivity contribution in [2.45, 2.75) is 32.7 Å². The summed E-state index contributed by atoms with van der Waals surface area (Å²) in [5.74, 6) is 0.704. The van der Waals surface area contributed by atoms with E-state index in [2.05, 4.69) is 17.1 Å². The van der Waals surface area contributed by atoms with E-state index in [0.717, 1.165) is 5.92 Å². The van der Waals surface area contributed by atoms with Crippen LogP contribution in [0.15, 0.2) is 24.3 Å². The molecule has 0 saturated heterocycles. The van der Waals surface area contributed by atoms with Crippen molar-refractivity contribution in [2.75, 3.05) is 18.9 Å². The number of nitrogens with one attached hydrogen (secondary N) is 1. The molecule has 1 fully saturated rings. The maximum Gasteiger partial charge on any atom is 0.238 e.